The highest BCUT2D eigenvalue weighted by Crippen LogP contribution is 2.31. The monoisotopic (exact) mass is 460 g/mol. The van der Waals surface area contributed by atoms with E-state index in [-0.39, 0.29) is 5.91 Å². The minimum atomic E-state index is -0.0357. The second-order valence-corrected chi connectivity index (χ2v) is 8.26. The zero-order valence-electron chi connectivity index (χ0n) is 11.2. The molecule has 22 heavy (non-hydrogen) atoms. The zero-order chi connectivity index (χ0) is 15.5. The Balaban J connectivity index is 1.63. The zero-order valence-corrected chi connectivity index (χ0v) is 15.7. The van der Waals surface area contributed by atoms with Gasteiger partial charge in [-0.25, -0.2) is 4.98 Å². The van der Waals surface area contributed by atoms with E-state index in [2.05, 4.69) is 32.9 Å². The van der Waals surface area contributed by atoms with Crippen LogP contribution >= 0.6 is 57.3 Å². The molecule has 0 atom stereocenters. The van der Waals surface area contributed by atoms with Gasteiger partial charge in [0.05, 0.1) is 21.7 Å². The topological polar surface area (TPSA) is 42.0 Å². The van der Waals surface area contributed by atoms with E-state index in [0.717, 1.165) is 23.8 Å². The Labute approximate surface area is 154 Å². The van der Waals surface area contributed by atoms with E-state index < -0.39 is 0 Å². The van der Waals surface area contributed by atoms with Crippen molar-refractivity contribution in [2.45, 2.75) is 4.34 Å². The maximum atomic E-state index is 12.0. The molecule has 7 heteroatoms. The maximum Gasteiger partial charge on any atom is 0.234 e. The molecule has 1 heterocycles. The lowest BCUT2D eigenvalue weighted by molar-refractivity contribution is -0.113. The first-order valence-corrected chi connectivity index (χ1v) is 9.61. The quantitative estimate of drug-likeness (QED) is 0.425. The van der Waals surface area contributed by atoms with Crippen molar-refractivity contribution >= 4 is 79.1 Å². The molecule has 0 aliphatic rings. The number of hydrogen-bond acceptors (Lipinski definition) is 4. The van der Waals surface area contributed by atoms with Crippen molar-refractivity contribution in [1.82, 2.24) is 4.98 Å². The van der Waals surface area contributed by atoms with E-state index in [9.17, 15) is 4.79 Å². The minimum absolute atomic E-state index is 0.0357. The van der Waals surface area contributed by atoms with Gasteiger partial charge in [0.25, 0.3) is 0 Å². The molecule has 3 nitrogen and oxygen atoms in total. The van der Waals surface area contributed by atoms with Crippen LogP contribution in [0, 0.1) is 3.57 Å². The van der Waals surface area contributed by atoms with Gasteiger partial charge in [-0.1, -0.05) is 35.5 Å². The number of nitrogens with zero attached hydrogens (tertiary/aromatic N) is 1. The van der Waals surface area contributed by atoms with Crippen molar-refractivity contribution in [3.63, 3.8) is 0 Å². The highest BCUT2D eigenvalue weighted by atomic mass is 127. The van der Waals surface area contributed by atoms with Gasteiger partial charge in [0.2, 0.25) is 5.91 Å². The van der Waals surface area contributed by atoms with Gasteiger partial charge in [-0.05, 0) is 52.9 Å². The van der Waals surface area contributed by atoms with Crippen molar-refractivity contribution in [1.29, 1.82) is 0 Å². The van der Waals surface area contributed by atoms with E-state index in [1.54, 1.807) is 11.3 Å². The maximum absolute atomic E-state index is 12.0. The molecule has 0 radical (unpaired) electrons. The Kier molecular flexibility index (Phi) is 5.22. The van der Waals surface area contributed by atoms with Crippen LogP contribution in [0.3, 0.4) is 0 Å². The Hall–Kier alpha value is -0.830. The summed E-state index contributed by atoms with van der Waals surface area (Å²) in [5.74, 6) is 0.296. The van der Waals surface area contributed by atoms with Gasteiger partial charge in [-0.3, -0.25) is 4.79 Å². The number of thiazole rings is 1. The molecule has 0 spiro atoms. The van der Waals surface area contributed by atoms with Crippen LogP contribution in [0.2, 0.25) is 5.02 Å². The Morgan fingerprint density at radius 1 is 1.32 bits per heavy atom. The van der Waals surface area contributed by atoms with Crippen LogP contribution in [0.5, 0.6) is 0 Å². The molecule has 0 saturated heterocycles. The van der Waals surface area contributed by atoms with E-state index in [1.165, 1.54) is 11.8 Å². The number of aromatic nitrogens is 1. The first-order valence-electron chi connectivity index (χ1n) is 6.35. The Morgan fingerprint density at radius 3 is 2.95 bits per heavy atom. The molecule has 3 aromatic rings. The van der Waals surface area contributed by atoms with Gasteiger partial charge in [-0.15, -0.1) is 11.3 Å². The molecule has 0 saturated carbocycles. The number of benzene rings is 2. The van der Waals surface area contributed by atoms with E-state index in [0.29, 0.717) is 10.8 Å². The molecule has 1 amide bonds. The number of para-hydroxylation sites is 1. The van der Waals surface area contributed by atoms with E-state index in [4.69, 9.17) is 11.6 Å². The summed E-state index contributed by atoms with van der Waals surface area (Å²) in [6.07, 6.45) is 0. The van der Waals surface area contributed by atoms with E-state index in [1.807, 2.05) is 42.5 Å². The molecule has 3 rings (SSSR count). The fourth-order valence-electron chi connectivity index (χ4n) is 1.82. The van der Waals surface area contributed by atoms with Crippen LogP contribution in [0.15, 0.2) is 46.8 Å². The Bertz CT molecular complexity index is 837. The van der Waals surface area contributed by atoms with Crippen molar-refractivity contribution in [2.75, 3.05) is 11.1 Å². The van der Waals surface area contributed by atoms with E-state index >= 15 is 0 Å². The van der Waals surface area contributed by atoms with Crippen molar-refractivity contribution in [2.24, 2.45) is 0 Å². The van der Waals surface area contributed by atoms with Gasteiger partial charge in [0.1, 0.15) is 0 Å². The average molecular weight is 461 g/mol. The molecule has 0 aliphatic carbocycles. The lowest BCUT2D eigenvalue weighted by Gasteiger charge is -2.05. The fourth-order valence-corrected chi connectivity index (χ4v) is 4.35. The number of carbonyl (C=O) groups is 1. The number of halogens is 2. The number of rotatable bonds is 4. The molecule has 0 bridgehead atoms. The Morgan fingerprint density at radius 2 is 2.14 bits per heavy atom. The summed E-state index contributed by atoms with van der Waals surface area (Å²) in [5.41, 5.74) is 1.71. The molecule has 112 valence electrons. The number of carbonyl (C=O) groups excluding carboxylic acids is 1. The third-order valence-corrected chi connectivity index (χ3v) is 6.16. The van der Waals surface area contributed by atoms with Gasteiger partial charge < -0.3 is 5.32 Å². The smallest absolute Gasteiger partial charge is 0.234 e. The molecule has 1 aromatic heterocycles. The normalized spacial score (nSPS) is 10.8. The number of nitrogens with one attached hydrogen (secondary N) is 1. The van der Waals surface area contributed by atoms with Gasteiger partial charge >= 0.3 is 0 Å². The highest BCUT2D eigenvalue weighted by molar-refractivity contribution is 14.1. The van der Waals surface area contributed by atoms with Crippen molar-refractivity contribution in [3.05, 3.63) is 51.1 Å². The summed E-state index contributed by atoms with van der Waals surface area (Å²) in [7, 11) is 0. The van der Waals surface area contributed by atoms with Crippen LogP contribution < -0.4 is 5.32 Å². The molecule has 0 aliphatic heterocycles. The molecule has 1 N–H and O–H groups in total. The summed E-state index contributed by atoms with van der Waals surface area (Å²) in [4.78, 5) is 16.5. The molecule has 0 unspecified atom stereocenters. The molecular formula is C15H10ClIN2OS2. The van der Waals surface area contributed by atoms with Crippen LogP contribution in [0.25, 0.3) is 10.2 Å². The standard InChI is InChI=1S/C15H10ClIN2OS2/c16-9-5-6-13-12(7-9)19-15(22-13)21-8-14(20)18-11-4-2-1-3-10(11)17/h1-7H,8H2,(H,18,20). The number of thioether (sulfide) groups is 1. The second-order valence-electron chi connectivity index (χ2n) is 4.41. The number of fused-ring (bicyclic) bond motifs is 1. The molecule has 0 fully saturated rings. The lowest BCUT2D eigenvalue weighted by atomic mass is 10.3. The summed E-state index contributed by atoms with van der Waals surface area (Å²) < 4.78 is 2.97. The predicted molar refractivity (Wildman–Crippen MR) is 103 cm³/mol. The van der Waals surface area contributed by atoms with Crippen LogP contribution in [-0.4, -0.2) is 16.6 Å². The SMILES string of the molecule is O=C(CSc1nc2cc(Cl)ccc2s1)Nc1ccccc1I. The largest absolute Gasteiger partial charge is 0.324 e. The van der Waals surface area contributed by atoms with Crippen molar-refractivity contribution < 1.29 is 4.79 Å². The summed E-state index contributed by atoms with van der Waals surface area (Å²) >= 11 is 11.2. The summed E-state index contributed by atoms with van der Waals surface area (Å²) in [6, 6.07) is 13.3. The third-order valence-electron chi connectivity index (χ3n) is 2.80. The fraction of sp³-hybridized carbons (Fsp3) is 0.0667. The van der Waals surface area contributed by atoms with Gasteiger partial charge in [-0.2, -0.15) is 0 Å². The molecular weight excluding hydrogens is 451 g/mol. The van der Waals surface area contributed by atoms with Crippen molar-refractivity contribution in [3.8, 4) is 0 Å². The van der Waals surface area contributed by atoms with Crippen LogP contribution in [-0.2, 0) is 4.79 Å². The summed E-state index contributed by atoms with van der Waals surface area (Å²) in [6.45, 7) is 0. The number of hydrogen-bond donors (Lipinski definition) is 1. The van der Waals surface area contributed by atoms with Crippen LogP contribution in [0.4, 0.5) is 5.69 Å². The second kappa shape index (κ2) is 7.16. The number of amides is 1. The average Bonchev–Trinajstić information content (AvgIpc) is 2.89. The highest BCUT2D eigenvalue weighted by Gasteiger charge is 2.09. The first-order chi connectivity index (χ1) is 10.6. The number of anilines is 1. The van der Waals surface area contributed by atoms with Gasteiger partial charge in [0.15, 0.2) is 4.34 Å². The minimum Gasteiger partial charge on any atom is -0.324 e. The molecule has 2 aromatic carbocycles. The van der Waals surface area contributed by atoms with Gasteiger partial charge in [0, 0.05) is 8.59 Å². The summed E-state index contributed by atoms with van der Waals surface area (Å²) in [5, 5.41) is 3.58. The predicted octanol–water partition coefficient (Wildman–Crippen LogP) is 5.29. The van der Waals surface area contributed by atoms with Crippen LogP contribution in [0.1, 0.15) is 0 Å². The first kappa shape index (κ1) is 16.0. The lowest BCUT2D eigenvalue weighted by Crippen LogP contribution is -2.14. The third kappa shape index (κ3) is 3.92.